The third-order valence-electron chi connectivity index (χ3n) is 5.60. The first-order valence-electron chi connectivity index (χ1n) is 6.68. The second-order valence-corrected chi connectivity index (χ2v) is 6.13. The Morgan fingerprint density at radius 1 is 1.35 bits per heavy atom. The number of halogens is 1. The normalized spacial score (nSPS) is 41.4. The molecule has 4 rings (SSSR count). The fourth-order valence-electron chi connectivity index (χ4n) is 4.61. The van der Waals surface area contributed by atoms with Crippen LogP contribution in [0.5, 0.6) is 0 Å². The summed E-state index contributed by atoms with van der Waals surface area (Å²) < 4.78 is 13.9. The second kappa shape index (κ2) is 2.82. The van der Waals surface area contributed by atoms with Crippen molar-refractivity contribution in [3.05, 3.63) is 41.2 Å². The van der Waals surface area contributed by atoms with Gasteiger partial charge in [0.15, 0.2) is 0 Å². The largest absolute Gasteiger partial charge is 0.206 e. The van der Waals surface area contributed by atoms with Crippen molar-refractivity contribution in [2.75, 3.05) is 0 Å². The van der Waals surface area contributed by atoms with Gasteiger partial charge < -0.3 is 0 Å². The highest BCUT2D eigenvalue weighted by Gasteiger charge is 2.70. The van der Waals surface area contributed by atoms with Crippen LogP contribution in [0, 0.1) is 17.2 Å². The number of rotatable bonds is 0. The Hall–Kier alpha value is -1.11. The van der Waals surface area contributed by atoms with Crippen molar-refractivity contribution in [3.8, 4) is 0 Å². The van der Waals surface area contributed by atoms with Gasteiger partial charge in [0, 0.05) is 16.4 Å². The monoisotopic (exact) mass is 228 g/mol. The van der Waals surface area contributed by atoms with E-state index in [0.717, 1.165) is 11.5 Å². The Labute approximate surface area is 102 Å². The van der Waals surface area contributed by atoms with Crippen molar-refractivity contribution in [1.29, 1.82) is 0 Å². The van der Waals surface area contributed by atoms with E-state index in [-0.39, 0.29) is 11.2 Å². The summed E-state index contributed by atoms with van der Waals surface area (Å²) in [6.07, 6.45) is 9.48. The van der Waals surface area contributed by atoms with E-state index in [1.807, 2.05) is 12.1 Å². The molecule has 0 amide bonds. The third kappa shape index (κ3) is 0.955. The predicted molar refractivity (Wildman–Crippen MR) is 67.2 cm³/mol. The summed E-state index contributed by atoms with van der Waals surface area (Å²) in [5, 5.41) is 0. The lowest BCUT2D eigenvalue weighted by atomic mass is 9.67. The minimum absolute atomic E-state index is 0.0492. The van der Waals surface area contributed by atoms with Gasteiger partial charge in [-0.15, -0.1) is 0 Å². The van der Waals surface area contributed by atoms with Gasteiger partial charge in [0.1, 0.15) is 5.82 Å². The van der Waals surface area contributed by atoms with Crippen LogP contribution in [0.15, 0.2) is 24.3 Å². The molecule has 0 spiro atoms. The Bertz CT molecular complexity index is 530. The summed E-state index contributed by atoms with van der Waals surface area (Å²) >= 11 is 0. The standard InChI is InChI=1S/C16H17F/c1-11-4-3-8-16-10-15(11,16)9-7-12-13(16)5-2-6-14(12)17/h2,5-7,9,11H,3-4,8,10H2,1H3. The van der Waals surface area contributed by atoms with Crippen molar-refractivity contribution < 1.29 is 4.39 Å². The molecule has 2 fully saturated rings. The first kappa shape index (κ1) is 9.87. The smallest absolute Gasteiger partial charge is 0.130 e. The highest BCUT2D eigenvalue weighted by atomic mass is 19.1. The van der Waals surface area contributed by atoms with E-state index in [4.69, 9.17) is 0 Å². The molecule has 0 nitrogen and oxygen atoms in total. The van der Waals surface area contributed by atoms with Crippen molar-refractivity contribution >= 4 is 6.08 Å². The van der Waals surface area contributed by atoms with Crippen LogP contribution in [0.1, 0.15) is 43.7 Å². The van der Waals surface area contributed by atoms with Gasteiger partial charge in [0.05, 0.1) is 0 Å². The van der Waals surface area contributed by atoms with E-state index in [1.165, 1.54) is 31.2 Å². The van der Waals surface area contributed by atoms with Gasteiger partial charge in [-0.1, -0.05) is 37.6 Å². The Morgan fingerprint density at radius 2 is 2.24 bits per heavy atom. The molecule has 1 aromatic rings. The molecule has 0 radical (unpaired) electrons. The molecule has 0 bridgehead atoms. The third-order valence-corrected chi connectivity index (χ3v) is 5.60. The number of hydrogen-bond acceptors (Lipinski definition) is 0. The summed E-state index contributed by atoms with van der Waals surface area (Å²) in [5.74, 6) is 0.704. The molecule has 0 aromatic heterocycles. The maximum Gasteiger partial charge on any atom is 0.130 e. The molecule has 0 heterocycles. The maximum atomic E-state index is 13.9. The fraction of sp³-hybridized carbons (Fsp3) is 0.500. The molecule has 88 valence electrons. The van der Waals surface area contributed by atoms with Gasteiger partial charge in [-0.2, -0.15) is 0 Å². The van der Waals surface area contributed by atoms with Crippen LogP contribution >= 0.6 is 0 Å². The van der Waals surface area contributed by atoms with Crippen LogP contribution in [-0.2, 0) is 5.41 Å². The molecular formula is C16H17F. The summed E-state index contributed by atoms with van der Waals surface area (Å²) in [6.45, 7) is 2.37. The van der Waals surface area contributed by atoms with Crippen LogP contribution in [0.25, 0.3) is 6.08 Å². The Kier molecular flexibility index (Phi) is 1.64. The molecular weight excluding hydrogens is 211 g/mol. The van der Waals surface area contributed by atoms with E-state index >= 15 is 0 Å². The quantitative estimate of drug-likeness (QED) is 0.621. The molecule has 3 aliphatic carbocycles. The van der Waals surface area contributed by atoms with Gasteiger partial charge in [0.25, 0.3) is 0 Å². The van der Waals surface area contributed by atoms with Crippen molar-refractivity contribution in [2.24, 2.45) is 11.3 Å². The molecule has 3 unspecified atom stereocenters. The number of fused-ring (bicyclic) bond motifs is 1. The summed E-state index contributed by atoms with van der Waals surface area (Å²) in [7, 11) is 0. The first-order valence-corrected chi connectivity index (χ1v) is 6.68. The molecule has 0 saturated heterocycles. The van der Waals surface area contributed by atoms with Crippen LogP contribution in [-0.4, -0.2) is 0 Å². The number of allylic oxidation sites excluding steroid dienone is 1. The maximum absolute atomic E-state index is 13.9. The minimum atomic E-state index is -0.0492. The lowest BCUT2D eigenvalue weighted by molar-refractivity contribution is 0.259. The van der Waals surface area contributed by atoms with E-state index in [1.54, 1.807) is 6.07 Å². The molecule has 1 aromatic carbocycles. The highest BCUT2D eigenvalue weighted by Crippen LogP contribution is 2.76. The zero-order valence-corrected chi connectivity index (χ0v) is 10.2. The Balaban J connectivity index is 1.96. The van der Waals surface area contributed by atoms with E-state index in [2.05, 4.69) is 19.1 Å². The average Bonchev–Trinajstić information content (AvgIpc) is 3.02. The molecule has 0 aliphatic heterocycles. The molecule has 3 atom stereocenters. The van der Waals surface area contributed by atoms with E-state index in [9.17, 15) is 4.39 Å². The van der Waals surface area contributed by atoms with Gasteiger partial charge in [-0.3, -0.25) is 0 Å². The van der Waals surface area contributed by atoms with Gasteiger partial charge >= 0.3 is 0 Å². The topological polar surface area (TPSA) is 0 Å². The average molecular weight is 228 g/mol. The summed E-state index contributed by atoms with van der Waals surface area (Å²) in [5.41, 5.74) is 2.80. The predicted octanol–water partition coefficient (Wildman–Crippen LogP) is 4.30. The first-order chi connectivity index (χ1) is 8.20. The SMILES string of the molecule is CC1CCCC23CC12C=Cc1c(F)cccc13. The summed E-state index contributed by atoms with van der Waals surface area (Å²) in [6, 6.07) is 5.62. The lowest BCUT2D eigenvalue weighted by Crippen LogP contribution is -2.30. The zero-order chi connectivity index (χ0) is 11.7. The fourth-order valence-corrected chi connectivity index (χ4v) is 4.61. The molecule has 0 N–H and O–H groups in total. The molecule has 17 heavy (non-hydrogen) atoms. The van der Waals surface area contributed by atoms with Crippen molar-refractivity contribution in [1.82, 2.24) is 0 Å². The van der Waals surface area contributed by atoms with E-state index in [0.29, 0.717) is 5.41 Å². The van der Waals surface area contributed by atoms with Gasteiger partial charge in [-0.25, -0.2) is 4.39 Å². The number of hydrogen-bond donors (Lipinski definition) is 0. The van der Waals surface area contributed by atoms with Crippen LogP contribution < -0.4 is 0 Å². The van der Waals surface area contributed by atoms with Crippen LogP contribution in [0.2, 0.25) is 0 Å². The van der Waals surface area contributed by atoms with Crippen LogP contribution in [0.3, 0.4) is 0 Å². The molecule has 1 heteroatoms. The van der Waals surface area contributed by atoms with Gasteiger partial charge in [0.2, 0.25) is 0 Å². The summed E-state index contributed by atoms with van der Waals surface area (Å²) in [4.78, 5) is 0. The Morgan fingerprint density at radius 3 is 3.12 bits per heavy atom. The lowest BCUT2D eigenvalue weighted by Gasteiger charge is -2.37. The molecule has 2 saturated carbocycles. The number of benzene rings is 1. The van der Waals surface area contributed by atoms with Crippen LogP contribution in [0.4, 0.5) is 4.39 Å². The van der Waals surface area contributed by atoms with Gasteiger partial charge in [-0.05, 0) is 36.8 Å². The second-order valence-electron chi connectivity index (χ2n) is 6.13. The zero-order valence-electron chi connectivity index (χ0n) is 10.2. The van der Waals surface area contributed by atoms with E-state index < -0.39 is 0 Å². The minimum Gasteiger partial charge on any atom is -0.206 e. The molecule has 3 aliphatic rings. The van der Waals surface area contributed by atoms with Crippen molar-refractivity contribution in [2.45, 2.75) is 38.0 Å². The highest BCUT2D eigenvalue weighted by molar-refractivity contribution is 5.67. The van der Waals surface area contributed by atoms with Crippen molar-refractivity contribution in [3.63, 3.8) is 0 Å².